The first-order valence-electron chi connectivity index (χ1n) is 7.39. The lowest BCUT2D eigenvalue weighted by molar-refractivity contribution is 0.0973. The average Bonchev–Trinajstić information content (AvgIpc) is 3.11. The zero-order valence-electron chi connectivity index (χ0n) is 12.9. The minimum absolute atomic E-state index is 0.142. The number of benzene rings is 1. The van der Waals surface area contributed by atoms with Gasteiger partial charge in [0, 0.05) is 0 Å². The number of Topliss-reactive ketones (excluding diaryl/α,β-unsaturated/α-hetero) is 1. The number of hydrogen-bond donors (Lipinski definition) is 0. The quantitative estimate of drug-likeness (QED) is 0.661. The molecule has 0 N–H and O–H groups in total. The molecule has 1 atom stereocenters. The lowest BCUT2D eigenvalue weighted by atomic mass is 10.0. The van der Waals surface area contributed by atoms with E-state index in [1.54, 1.807) is 19.1 Å². The molecule has 0 amide bonds. The molecule has 0 spiro atoms. The van der Waals surface area contributed by atoms with Gasteiger partial charge in [0.05, 0.1) is 21.6 Å². The largest absolute Gasteiger partial charge is 0.439 e. The van der Waals surface area contributed by atoms with Crippen LogP contribution in [0.25, 0.3) is 11.1 Å². The molecule has 0 saturated carbocycles. The number of carbonyl (C=O) groups is 1. The van der Waals surface area contributed by atoms with Crippen molar-refractivity contribution in [3.05, 3.63) is 45.7 Å². The number of ketones is 1. The van der Waals surface area contributed by atoms with E-state index in [0.717, 1.165) is 17.8 Å². The summed E-state index contributed by atoms with van der Waals surface area (Å²) in [6.45, 7) is 3.86. The van der Waals surface area contributed by atoms with E-state index in [9.17, 15) is 10.1 Å². The van der Waals surface area contributed by atoms with Crippen molar-refractivity contribution in [1.29, 1.82) is 5.26 Å². The van der Waals surface area contributed by atoms with Crippen molar-refractivity contribution >= 4 is 28.2 Å². The molecule has 5 nitrogen and oxygen atoms in total. The van der Waals surface area contributed by atoms with Crippen molar-refractivity contribution in [2.24, 2.45) is 0 Å². The van der Waals surface area contributed by atoms with Crippen LogP contribution in [0.5, 0.6) is 0 Å². The standard InChI is InChI=1S/C17H15N3O2S/c1-3-6-14-19-10(2)16(23-14)15(21)11(9-18)17-20-12-7-4-5-8-13(12)22-17/h4-5,7-8,11H,3,6H2,1-2H3. The van der Waals surface area contributed by atoms with Crippen molar-refractivity contribution in [1.82, 2.24) is 9.97 Å². The second-order valence-electron chi connectivity index (χ2n) is 5.22. The van der Waals surface area contributed by atoms with Gasteiger partial charge in [-0.3, -0.25) is 4.79 Å². The van der Waals surface area contributed by atoms with E-state index < -0.39 is 5.92 Å². The second-order valence-corrected chi connectivity index (χ2v) is 6.30. The molecule has 0 radical (unpaired) electrons. The average molecular weight is 325 g/mol. The molecule has 0 aliphatic heterocycles. The van der Waals surface area contributed by atoms with Crippen LogP contribution in [-0.2, 0) is 6.42 Å². The third-order valence-corrected chi connectivity index (χ3v) is 4.71. The van der Waals surface area contributed by atoms with Crippen LogP contribution in [-0.4, -0.2) is 15.8 Å². The smallest absolute Gasteiger partial charge is 0.220 e. The summed E-state index contributed by atoms with van der Waals surface area (Å²) in [5.41, 5.74) is 1.88. The highest BCUT2D eigenvalue weighted by molar-refractivity contribution is 7.13. The van der Waals surface area contributed by atoms with Crippen molar-refractivity contribution in [2.45, 2.75) is 32.6 Å². The number of oxazole rings is 1. The lowest BCUT2D eigenvalue weighted by Crippen LogP contribution is -2.11. The van der Waals surface area contributed by atoms with E-state index in [-0.39, 0.29) is 11.7 Å². The maximum absolute atomic E-state index is 12.7. The fraction of sp³-hybridized carbons (Fsp3) is 0.294. The van der Waals surface area contributed by atoms with Gasteiger partial charge in [0.15, 0.2) is 11.5 Å². The Balaban J connectivity index is 1.97. The molecule has 1 aromatic carbocycles. The first-order valence-corrected chi connectivity index (χ1v) is 8.21. The maximum Gasteiger partial charge on any atom is 0.220 e. The fourth-order valence-electron chi connectivity index (χ4n) is 2.37. The molecule has 1 unspecified atom stereocenters. The van der Waals surface area contributed by atoms with Crippen LogP contribution >= 0.6 is 11.3 Å². The molecule has 2 heterocycles. The summed E-state index contributed by atoms with van der Waals surface area (Å²) in [4.78, 5) is 21.9. The molecular formula is C17H15N3O2S. The summed E-state index contributed by atoms with van der Waals surface area (Å²) in [6, 6.07) is 9.24. The topological polar surface area (TPSA) is 79.8 Å². The Morgan fingerprint density at radius 3 is 2.87 bits per heavy atom. The molecule has 0 aliphatic rings. The van der Waals surface area contributed by atoms with Crippen molar-refractivity contribution in [3.63, 3.8) is 0 Å². The lowest BCUT2D eigenvalue weighted by Gasteiger charge is -2.02. The Morgan fingerprint density at radius 2 is 2.17 bits per heavy atom. The van der Waals surface area contributed by atoms with E-state index in [4.69, 9.17) is 4.42 Å². The summed E-state index contributed by atoms with van der Waals surface area (Å²) in [6.07, 6.45) is 1.80. The SMILES string of the molecule is CCCc1nc(C)c(C(=O)C(C#N)c2nc3ccccc3o2)s1. The summed E-state index contributed by atoms with van der Waals surface area (Å²) in [5.74, 6) is -1.20. The highest BCUT2D eigenvalue weighted by atomic mass is 32.1. The van der Waals surface area contributed by atoms with Crippen LogP contribution in [0.3, 0.4) is 0 Å². The molecule has 0 fully saturated rings. The predicted octanol–water partition coefficient (Wildman–Crippen LogP) is 4.04. The summed E-state index contributed by atoms with van der Waals surface area (Å²) >= 11 is 1.36. The van der Waals surface area contributed by atoms with Gasteiger partial charge in [0.25, 0.3) is 0 Å². The van der Waals surface area contributed by atoms with Crippen LogP contribution in [0.15, 0.2) is 28.7 Å². The molecule has 116 valence electrons. The third-order valence-electron chi connectivity index (χ3n) is 3.48. The van der Waals surface area contributed by atoms with Crippen molar-refractivity contribution in [2.75, 3.05) is 0 Å². The normalized spacial score (nSPS) is 12.2. The molecule has 0 aliphatic carbocycles. The monoisotopic (exact) mass is 325 g/mol. The predicted molar refractivity (Wildman–Crippen MR) is 87.5 cm³/mol. The molecule has 0 bridgehead atoms. The van der Waals surface area contributed by atoms with Gasteiger partial charge in [-0.05, 0) is 31.9 Å². The zero-order valence-corrected chi connectivity index (χ0v) is 13.7. The maximum atomic E-state index is 12.7. The highest BCUT2D eigenvalue weighted by Crippen LogP contribution is 2.28. The van der Waals surface area contributed by atoms with Gasteiger partial charge in [-0.25, -0.2) is 9.97 Å². The Labute approximate surface area is 137 Å². The summed E-state index contributed by atoms with van der Waals surface area (Å²) < 4.78 is 5.59. The number of carbonyl (C=O) groups excluding carboxylic acids is 1. The molecule has 0 saturated heterocycles. The van der Waals surface area contributed by atoms with Crippen molar-refractivity contribution in [3.8, 4) is 6.07 Å². The third kappa shape index (κ3) is 2.88. The molecule has 2 aromatic heterocycles. The first-order chi connectivity index (χ1) is 11.1. The van der Waals surface area contributed by atoms with E-state index in [2.05, 4.69) is 16.9 Å². The summed E-state index contributed by atoms with van der Waals surface area (Å²) in [5, 5.41) is 10.4. The van der Waals surface area contributed by atoms with E-state index in [0.29, 0.717) is 21.7 Å². The van der Waals surface area contributed by atoms with Crippen LogP contribution in [0.4, 0.5) is 0 Å². The molecule has 3 rings (SSSR count). The number of thiazole rings is 1. The van der Waals surface area contributed by atoms with E-state index >= 15 is 0 Å². The van der Waals surface area contributed by atoms with Gasteiger partial charge in [0.1, 0.15) is 5.52 Å². The van der Waals surface area contributed by atoms with Crippen LogP contribution in [0.1, 0.15) is 45.5 Å². The van der Waals surface area contributed by atoms with Crippen LogP contribution in [0, 0.1) is 18.3 Å². The Kier molecular flexibility index (Phi) is 4.22. The van der Waals surface area contributed by atoms with Gasteiger partial charge in [0.2, 0.25) is 11.7 Å². The zero-order chi connectivity index (χ0) is 16.4. The van der Waals surface area contributed by atoms with Crippen LogP contribution in [0.2, 0.25) is 0 Å². The number of nitrogens with zero attached hydrogens (tertiary/aromatic N) is 3. The number of nitriles is 1. The van der Waals surface area contributed by atoms with Gasteiger partial charge in [-0.1, -0.05) is 19.1 Å². The Bertz CT molecular complexity index is 871. The second kappa shape index (κ2) is 6.31. The molecular weight excluding hydrogens is 310 g/mol. The number of para-hydroxylation sites is 2. The van der Waals surface area contributed by atoms with Gasteiger partial charge in [-0.2, -0.15) is 5.26 Å². The Hall–Kier alpha value is -2.52. The van der Waals surface area contributed by atoms with Gasteiger partial charge < -0.3 is 4.42 Å². The highest BCUT2D eigenvalue weighted by Gasteiger charge is 2.30. The fourth-order valence-corrected chi connectivity index (χ4v) is 3.51. The number of aryl methyl sites for hydroxylation is 2. The molecule has 23 heavy (non-hydrogen) atoms. The van der Waals surface area contributed by atoms with Gasteiger partial charge >= 0.3 is 0 Å². The van der Waals surface area contributed by atoms with E-state index in [1.165, 1.54) is 11.3 Å². The Morgan fingerprint density at radius 1 is 1.39 bits per heavy atom. The number of aromatic nitrogens is 2. The number of hydrogen-bond acceptors (Lipinski definition) is 6. The van der Waals surface area contributed by atoms with Gasteiger partial charge in [-0.15, -0.1) is 11.3 Å². The number of fused-ring (bicyclic) bond motifs is 1. The van der Waals surface area contributed by atoms with E-state index in [1.807, 2.05) is 18.2 Å². The summed E-state index contributed by atoms with van der Waals surface area (Å²) in [7, 11) is 0. The minimum Gasteiger partial charge on any atom is -0.439 e. The number of rotatable bonds is 5. The van der Waals surface area contributed by atoms with Crippen LogP contribution < -0.4 is 0 Å². The minimum atomic E-state index is -1.05. The molecule has 6 heteroatoms. The molecule has 3 aromatic rings. The van der Waals surface area contributed by atoms with Crippen molar-refractivity contribution < 1.29 is 9.21 Å². The first kappa shape index (κ1) is 15.4.